The summed E-state index contributed by atoms with van der Waals surface area (Å²) in [4.78, 5) is 16.3. The predicted octanol–water partition coefficient (Wildman–Crippen LogP) is 0.982. The van der Waals surface area contributed by atoms with Crippen molar-refractivity contribution in [1.29, 1.82) is 0 Å². The molecule has 2 unspecified atom stereocenters. The molecule has 5 heteroatoms. The summed E-state index contributed by atoms with van der Waals surface area (Å²) in [5.41, 5.74) is -0.0641. The van der Waals surface area contributed by atoms with Crippen LogP contribution < -0.4 is 10.6 Å². The van der Waals surface area contributed by atoms with E-state index in [-0.39, 0.29) is 17.5 Å². The summed E-state index contributed by atoms with van der Waals surface area (Å²) in [6.07, 6.45) is 1.11. The third kappa shape index (κ3) is 2.70. The number of nitrogens with one attached hydrogen (secondary N) is 2. The molecule has 0 bridgehead atoms. The molecule has 16 heavy (non-hydrogen) atoms. The first kappa shape index (κ1) is 11.8. The average Bonchev–Trinajstić information content (AvgIpc) is 2.71. The molecule has 1 amide bonds. The number of aliphatic imine (C=N–C) groups is 1. The van der Waals surface area contributed by atoms with Crippen LogP contribution in [0.5, 0.6) is 0 Å². The molecule has 90 valence electrons. The number of guanidine groups is 1. The molecule has 2 aliphatic rings. The van der Waals surface area contributed by atoms with E-state index in [2.05, 4.69) is 36.4 Å². The van der Waals surface area contributed by atoms with Gasteiger partial charge in [-0.15, -0.1) is 0 Å². The van der Waals surface area contributed by atoms with Gasteiger partial charge in [-0.1, -0.05) is 0 Å². The van der Waals surface area contributed by atoms with Crippen molar-refractivity contribution in [3.8, 4) is 0 Å². The predicted molar refractivity (Wildman–Crippen MR) is 67.7 cm³/mol. The van der Waals surface area contributed by atoms with Crippen LogP contribution >= 0.6 is 11.8 Å². The molecule has 2 rings (SSSR count). The van der Waals surface area contributed by atoms with E-state index in [1.165, 1.54) is 0 Å². The van der Waals surface area contributed by atoms with E-state index in [4.69, 9.17) is 0 Å². The summed E-state index contributed by atoms with van der Waals surface area (Å²) in [7, 11) is 0. The highest BCUT2D eigenvalue weighted by Crippen LogP contribution is 2.29. The normalized spacial score (nSPS) is 30.2. The van der Waals surface area contributed by atoms with Crippen LogP contribution in [0.25, 0.3) is 0 Å². The van der Waals surface area contributed by atoms with E-state index < -0.39 is 0 Å². The van der Waals surface area contributed by atoms with Gasteiger partial charge in [0.05, 0.1) is 0 Å². The molecule has 1 fully saturated rings. The van der Waals surface area contributed by atoms with Crippen LogP contribution in [0.1, 0.15) is 27.2 Å². The monoisotopic (exact) mass is 241 g/mol. The molecule has 2 heterocycles. The fourth-order valence-corrected chi connectivity index (χ4v) is 3.25. The highest BCUT2D eigenvalue weighted by Gasteiger charge is 2.36. The van der Waals surface area contributed by atoms with Crippen LogP contribution in [0.4, 0.5) is 0 Å². The molecule has 0 spiro atoms. The second kappa shape index (κ2) is 4.28. The summed E-state index contributed by atoms with van der Waals surface area (Å²) >= 11 is 1.92. The first-order valence-electron chi connectivity index (χ1n) is 5.70. The lowest BCUT2D eigenvalue weighted by molar-refractivity contribution is -0.120. The number of carbonyl (C=O) groups is 1. The first-order valence-corrected chi connectivity index (χ1v) is 6.86. The number of amides is 1. The fraction of sp³-hybridized carbons (Fsp3) is 0.818. The molecule has 0 aromatic rings. The van der Waals surface area contributed by atoms with Gasteiger partial charge in [-0.25, -0.2) is 4.99 Å². The summed E-state index contributed by atoms with van der Waals surface area (Å²) in [6, 6.07) is -0.167. The topological polar surface area (TPSA) is 53.5 Å². The lowest BCUT2D eigenvalue weighted by atomic mass is 10.00. The van der Waals surface area contributed by atoms with Gasteiger partial charge < -0.3 is 5.32 Å². The minimum atomic E-state index is -0.167. The van der Waals surface area contributed by atoms with Crippen molar-refractivity contribution in [1.82, 2.24) is 10.6 Å². The Morgan fingerprint density at radius 3 is 2.81 bits per heavy atom. The second-order valence-electron chi connectivity index (χ2n) is 5.41. The van der Waals surface area contributed by atoms with Crippen molar-refractivity contribution in [3.63, 3.8) is 0 Å². The van der Waals surface area contributed by atoms with E-state index >= 15 is 0 Å². The summed E-state index contributed by atoms with van der Waals surface area (Å²) in [6.45, 7) is 6.17. The molecule has 0 radical (unpaired) electrons. The Bertz CT molecular complexity index is 316. The van der Waals surface area contributed by atoms with Gasteiger partial charge in [0.25, 0.3) is 5.91 Å². The van der Waals surface area contributed by atoms with Gasteiger partial charge >= 0.3 is 0 Å². The number of rotatable bonds is 1. The SMILES string of the molecule is CC(C)(C)NC1=NC(C2CCSC2)C(=O)N1. The zero-order valence-electron chi connectivity index (χ0n) is 10.0. The third-order valence-corrected chi connectivity index (χ3v) is 3.87. The van der Waals surface area contributed by atoms with Crippen LogP contribution in [0.15, 0.2) is 4.99 Å². The van der Waals surface area contributed by atoms with Gasteiger partial charge in [0.15, 0.2) is 5.96 Å². The Morgan fingerprint density at radius 1 is 1.50 bits per heavy atom. The number of hydrogen-bond acceptors (Lipinski definition) is 4. The number of nitrogens with zero attached hydrogens (tertiary/aromatic N) is 1. The third-order valence-electron chi connectivity index (χ3n) is 2.68. The van der Waals surface area contributed by atoms with E-state index in [9.17, 15) is 4.79 Å². The standard InChI is InChI=1S/C11H19N3OS/c1-11(2,3)14-10-12-8(9(15)13-10)7-4-5-16-6-7/h7-8H,4-6H2,1-3H3,(H2,12,13,14,15). The van der Waals surface area contributed by atoms with Crippen LogP contribution in [0, 0.1) is 5.92 Å². The van der Waals surface area contributed by atoms with E-state index in [0.29, 0.717) is 11.9 Å². The molecule has 2 N–H and O–H groups in total. The Labute approximate surface area is 101 Å². The molecule has 0 aromatic carbocycles. The van der Waals surface area contributed by atoms with Gasteiger partial charge in [0.1, 0.15) is 6.04 Å². The van der Waals surface area contributed by atoms with E-state index in [1.807, 2.05) is 11.8 Å². The molecule has 1 saturated heterocycles. The quantitative estimate of drug-likeness (QED) is 0.719. The number of carbonyl (C=O) groups excluding carboxylic acids is 1. The second-order valence-corrected chi connectivity index (χ2v) is 6.56. The van der Waals surface area contributed by atoms with Crippen LogP contribution in [0.3, 0.4) is 0 Å². The molecular weight excluding hydrogens is 222 g/mol. The van der Waals surface area contributed by atoms with Crippen LogP contribution in [-0.2, 0) is 4.79 Å². The maximum absolute atomic E-state index is 11.8. The van der Waals surface area contributed by atoms with Crippen molar-refractivity contribution in [2.45, 2.75) is 38.8 Å². The van der Waals surface area contributed by atoms with Gasteiger partial charge in [-0.2, -0.15) is 11.8 Å². The molecular formula is C11H19N3OS. The maximum atomic E-state index is 11.8. The number of hydrogen-bond donors (Lipinski definition) is 2. The minimum absolute atomic E-state index is 0.0549. The first-order chi connectivity index (χ1) is 7.46. The van der Waals surface area contributed by atoms with Crippen LogP contribution in [-0.4, -0.2) is 35.0 Å². The lowest BCUT2D eigenvalue weighted by Gasteiger charge is -2.21. The number of thioether (sulfide) groups is 1. The van der Waals surface area contributed by atoms with E-state index in [0.717, 1.165) is 17.9 Å². The Balaban J connectivity index is 2.02. The molecule has 4 nitrogen and oxygen atoms in total. The van der Waals surface area contributed by atoms with E-state index in [1.54, 1.807) is 0 Å². The average molecular weight is 241 g/mol. The maximum Gasteiger partial charge on any atom is 0.251 e. The molecule has 0 aromatic heterocycles. The molecule has 2 aliphatic heterocycles. The van der Waals surface area contributed by atoms with Crippen molar-refractivity contribution >= 4 is 23.6 Å². The summed E-state index contributed by atoms with van der Waals surface area (Å²) in [5, 5.41) is 6.04. The van der Waals surface area contributed by atoms with Crippen molar-refractivity contribution < 1.29 is 4.79 Å². The van der Waals surface area contributed by atoms with Crippen molar-refractivity contribution in [2.24, 2.45) is 10.9 Å². The fourth-order valence-electron chi connectivity index (χ4n) is 1.96. The smallest absolute Gasteiger partial charge is 0.251 e. The van der Waals surface area contributed by atoms with Gasteiger partial charge in [0.2, 0.25) is 0 Å². The summed E-state index contributed by atoms with van der Waals surface area (Å²) in [5.74, 6) is 3.33. The highest BCUT2D eigenvalue weighted by atomic mass is 32.2. The Morgan fingerprint density at radius 2 is 2.25 bits per heavy atom. The Kier molecular flexibility index (Phi) is 3.15. The van der Waals surface area contributed by atoms with Gasteiger partial charge in [-0.05, 0) is 38.7 Å². The molecule has 0 saturated carbocycles. The lowest BCUT2D eigenvalue weighted by Crippen LogP contribution is -2.47. The van der Waals surface area contributed by atoms with Gasteiger partial charge in [-0.3, -0.25) is 10.1 Å². The van der Waals surface area contributed by atoms with Crippen molar-refractivity contribution in [3.05, 3.63) is 0 Å². The molecule has 0 aliphatic carbocycles. The zero-order chi connectivity index (χ0) is 11.8. The highest BCUT2D eigenvalue weighted by molar-refractivity contribution is 7.99. The Hall–Kier alpha value is -0.710. The zero-order valence-corrected chi connectivity index (χ0v) is 10.9. The molecule has 2 atom stereocenters. The van der Waals surface area contributed by atoms with Crippen molar-refractivity contribution in [2.75, 3.05) is 11.5 Å². The minimum Gasteiger partial charge on any atom is -0.351 e. The largest absolute Gasteiger partial charge is 0.351 e. The van der Waals surface area contributed by atoms with Gasteiger partial charge in [0, 0.05) is 11.5 Å². The summed E-state index contributed by atoms with van der Waals surface area (Å²) < 4.78 is 0. The van der Waals surface area contributed by atoms with Crippen LogP contribution in [0.2, 0.25) is 0 Å².